The summed E-state index contributed by atoms with van der Waals surface area (Å²) < 4.78 is 8.25. The Hall–Kier alpha value is -3.08. The third-order valence-electron chi connectivity index (χ3n) is 5.74. The van der Waals surface area contributed by atoms with Gasteiger partial charge in [0.05, 0.1) is 17.6 Å². The first-order valence-electron chi connectivity index (χ1n) is 10.7. The molecule has 1 fully saturated rings. The molecular weight excluding hydrogens is 374 g/mol. The van der Waals surface area contributed by atoms with E-state index in [0.29, 0.717) is 26.1 Å². The monoisotopic (exact) mass is 403 g/mol. The van der Waals surface area contributed by atoms with Crippen molar-refractivity contribution in [1.29, 1.82) is 0 Å². The molecule has 30 heavy (non-hydrogen) atoms. The maximum Gasteiger partial charge on any atom is 0.223 e. The largest absolute Gasteiger partial charge is 0.493 e. The number of amides is 1. The zero-order chi connectivity index (χ0) is 20.9. The van der Waals surface area contributed by atoms with Crippen LogP contribution in [0.3, 0.4) is 0 Å². The number of nitrogens with zero attached hydrogens (tertiary/aromatic N) is 3. The van der Waals surface area contributed by atoms with Gasteiger partial charge in [-0.05, 0) is 43.5 Å². The van der Waals surface area contributed by atoms with Crippen LogP contribution in [0.15, 0.2) is 61.2 Å². The van der Waals surface area contributed by atoms with Gasteiger partial charge in [-0.2, -0.15) is 0 Å². The molecule has 156 valence electrons. The summed E-state index contributed by atoms with van der Waals surface area (Å²) in [4.78, 5) is 19.1. The summed E-state index contributed by atoms with van der Waals surface area (Å²) in [5.41, 5.74) is 3.30. The summed E-state index contributed by atoms with van der Waals surface area (Å²) in [5, 5.41) is 0. The SMILES string of the molecule is C=CCN1C[C@H](c2nc3ccccc3n2CCCCOc2ccccc2C)CC1=O. The van der Waals surface area contributed by atoms with Crippen LogP contribution in [0.4, 0.5) is 0 Å². The number of likely N-dealkylation sites (tertiary alicyclic amines) is 1. The van der Waals surface area contributed by atoms with Crippen LogP contribution in [0, 0.1) is 6.92 Å². The van der Waals surface area contributed by atoms with Crippen molar-refractivity contribution in [3.63, 3.8) is 0 Å². The lowest BCUT2D eigenvalue weighted by Crippen LogP contribution is -2.25. The molecular formula is C25H29N3O2. The van der Waals surface area contributed by atoms with Gasteiger partial charge in [-0.15, -0.1) is 6.58 Å². The Bertz CT molecular complexity index is 1040. The molecule has 0 bridgehead atoms. The van der Waals surface area contributed by atoms with Gasteiger partial charge in [0.25, 0.3) is 0 Å². The predicted molar refractivity (Wildman–Crippen MR) is 120 cm³/mol. The molecule has 5 heteroatoms. The topological polar surface area (TPSA) is 47.4 Å². The lowest BCUT2D eigenvalue weighted by Gasteiger charge is -2.16. The van der Waals surface area contributed by atoms with Crippen molar-refractivity contribution in [1.82, 2.24) is 14.5 Å². The van der Waals surface area contributed by atoms with Crippen molar-refractivity contribution in [3.05, 3.63) is 72.6 Å². The van der Waals surface area contributed by atoms with Crippen molar-refractivity contribution in [2.24, 2.45) is 0 Å². The molecule has 2 aromatic carbocycles. The molecule has 4 rings (SSSR count). The number of benzene rings is 2. The van der Waals surface area contributed by atoms with Crippen molar-refractivity contribution < 1.29 is 9.53 Å². The van der Waals surface area contributed by atoms with Crippen LogP contribution in [-0.4, -0.2) is 40.1 Å². The highest BCUT2D eigenvalue weighted by Gasteiger charge is 2.33. The molecule has 3 aromatic rings. The van der Waals surface area contributed by atoms with Crippen LogP contribution < -0.4 is 4.74 Å². The average Bonchev–Trinajstić information content (AvgIpc) is 3.30. The van der Waals surface area contributed by atoms with E-state index in [0.717, 1.165) is 47.6 Å². The van der Waals surface area contributed by atoms with Gasteiger partial charge in [-0.25, -0.2) is 4.98 Å². The van der Waals surface area contributed by atoms with E-state index >= 15 is 0 Å². The lowest BCUT2D eigenvalue weighted by atomic mass is 10.1. The highest BCUT2D eigenvalue weighted by Crippen LogP contribution is 2.30. The van der Waals surface area contributed by atoms with Gasteiger partial charge < -0.3 is 14.2 Å². The van der Waals surface area contributed by atoms with Gasteiger partial charge in [0.1, 0.15) is 11.6 Å². The third kappa shape index (κ3) is 4.25. The first kappa shape index (κ1) is 20.2. The van der Waals surface area contributed by atoms with E-state index < -0.39 is 0 Å². The average molecular weight is 404 g/mol. The highest BCUT2D eigenvalue weighted by atomic mass is 16.5. The van der Waals surface area contributed by atoms with Gasteiger partial charge in [-0.1, -0.05) is 36.4 Å². The van der Waals surface area contributed by atoms with Crippen LogP contribution in [0.5, 0.6) is 5.75 Å². The van der Waals surface area contributed by atoms with Gasteiger partial charge in [-0.3, -0.25) is 4.79 Å². The second kappa shape index (κ2) is 9.16. The molecule has 0 saturated carbocycles. The summed E-state index contributed by atoms with van der Waals surface area (Å²) in [7, 11) is 0. The Morgan fingerprint density at radius 2 is 1.97 bits per heavy atom. The van der Waals surface area contributed by atoms with Gasteiger partial charge in [0.15, 0.2) is 0 Å². The summed E-state index contributed by atoms with van der Waals surface area (Å²) in [6.45, 7) is 8.72. The molecule has 5 nitrogen and oxygen atoms in total. The zero-order valence-electron chi connectivity index (χ0n) is 17.6. The molecule has 0 spiro atoms. The second-order valence-electron chi connectivity index (χ2n) is 7.92. The number of hydrogen-bond donors (Lipinski definition) is 0. The number of carbonyl (C=O) groups excluding carboxylic acids is 1. The number of rotatable bonds is 9. The fourth-order valence-corrected chi connectivity index (χ4v) is 4.19. The Balaban J connectivity index is 1.44. The van der Waals surface area contributed by atoms with E-state index in [1.165, 1.54) is 0 Å². The molecule has 1 saturated heterocycles. The third-order valence-corrected chi connectivity index (χ3v) is 5.74. The van der Waals surface area contributed by atoms with Crippen LogP contribution in [0.1, 0.15) is 36.6 Å². The van der Waals surface area contributed by atoms with Gasteiger partial charge in [0, 0.05) is 32.0 Å². The summed E-state index contributed by atoms with van der Waals surface area (Å²) >= 11 is 0. The number of para-hydroxylation sites is 3. The number of aromatic nitrogens is 2. The molecule has 2 heterocycles. The van der Waals surface area contributed by atoms with E-state index in [2.05, 4.69) is 42.3 Å². The second-order valence-corrected chi connectivity index (χ2v) is 7.92. The quantitative estimate of drug-likeness (QED) is 0.384. The van der Waals surface area contributed by atoms with E-state index in [9.17, 15) is 4.79 Å². The molecule has 1 aliphatic heterocycles. The Labute approximate surface area is 178 Å². The van der Waals surface area contributed by atoms with Gasteiger partial charge in [0.2, 0.25) is 5.91 Å². The predicted octanol–water partition coefficient (Wildman–Crippen LogP) is 4.71. The molecule has 1 amide bonds. The smallest absolute Gasteiger partial charge is 0.223 e. The Morgan fingerprint density at radius 1 is 1.17 bits per heavy atom. The molecule has 0 unspecified atom stereocenters. The van der Waals surface area contributed by atoms with Crippen molar-refractivity contribution in [2.75, 3.05) is 19.7 Å². The minimum absolute atomic E-state index is 0.132. The van der Waals surface area contributed by atoms with E-state index in [1.807, 2.05) is 29.2 Å². The van der Waals surface area contributed by atoms with E-state index in [1.54, 1.807) is 6.08 Å². The van der Waals surface area contributed by atoms with Gasteiger partial charge >= 0.3 is 0 Å². The lowest BCUT2D eigenvalue weighted by molar-refractivity contribution is -0.127. The molecule has 1 atom stereocenters. The fourth-order valence-electron chi connectivity index (χ4n) is 4.19. The first-order valence-corrected chi connectivity index (χ1v) is 10.7. The van der Waals surface area contributed by atoms with Crippen molar-refractivity contribution in [2.45, 2.75) is 38.6 Å². The number of fused-ring (bicyclic) bond motifs is 1. The van der Waals surface area contributed by atoms with Crippen molar-refractivity contribution in [3.8, 4) is 5.75 Å². The van der Waals surface area contributed by atoms with Crippen LogP contribution in [0.2, 0.25) is 0 Å². The minimum atomic E-state index is 0.132. The van der Waals surface area contributed by atoms with Crippen LogP contribution >= 0.6 is 0 Å². The maximum absolute atomic E-state index is 12.4. The highest BCUT2D eigenvalue weighted by molar-refractivity contribution is 5.81. The number of hydrogen-bond acceptors (Lipinski definition) is 3. The van der Waals surface area contributed by atoms with E-state index in [-0.39, 0.29) is 11.8 Å². The van der Waals surface area contributed by atoms with Crippen LogP contribution in [-0.2, 0) is 11.3 Å². The number of aryl methyl sites for hydroxylation is 2. The number of unbranched alkanes of at least 4 members (excludes halogenated alkanes) is 1. The molecule has 1 aromatic heterocycles. The van der Waals surface area contributed by atoms with Crippen molar-refractivity contribution >= 4 is 16.9 Å². The summed E-state index contributed by atoms with van der Waals surface area (Å²) in [5.74, 6) is 2.30. The number of ether oxygens (including phenoxy) is 1. The first-order chi connectivity index (χ1) is 14.7. The summed E-state index contributed by atoms with van der Waals surface area (Å²) in [6.07, 6.45) is 4.27. The minimum Gasteiger partial charge on any atom is -0.493 e. The van der Waals surface area contributed by atoms with Crippen LogP contribution in [0.25, 0.3) is 11.0 Å². The standard InChI is InChI=1S/C25H29N3O2/c1-3-14-27-18-20(17-24(27)29)25-26-21-11-5-6-12-22(21)28(25)15-8-9-16-30-23-13-7-4-10-19(23)2/h3-7,10-13,20H,1,8-9,14-18H2,2H3/t20-/m1/s1. The number of carbonyl (C=O) groups is 1. The molecule has 1 aliphatic rings. The molecule has 0 aliphatic carbocycles. The summed E-state index contributed by atoms with van der Waals surface area (Å²) in [6, 6.07) is 16.4. The fraction of sp³-hybridized carbons (Fsp3) is 0.360. The molecule has 0 radical (unpaired) electrons. The Morgan fingerprint density at radius 3 is 2.80 bits per heavy atom. The Kier molecular flexibility index (Phi) is 6.17. The molecule has 0 N–H and O–H groups in total. The van der Waals surface area contributed by atoms with E-state index in [4.69, 9.17) is 9.72 Å². The number of imidazole rings is 1. The normalized spacial score (nSPS) is 16.4. The zero-order valence-corrected chi connectivity index (χ0v) is 17.6. The maximum atomic E-state index is 12.4.